The van der Waals surface area contributed by atoms with Crippen LogP contribution < -0.4 is 0 Å². The van der Waals surface area contributed by atoms with E-state index in [4.69, 9.17) is 9.90 Å². The number of halogens is 3. The second kappa shape index (κ2) is 11.8. The molecule has 0 saturated carbocycles. The van der Waals surface area contributed by atoms with Crippen LogP contribution in [0.5, 0.6) is 0 Å². The number of sulfonamides is 1. The van der Waals surface area contributed by atoms with Crippen molar-refractivity contribution in [2.24, 2.45) is 0 Å². The summed E-state index contributed by atoms with van der Waals surface area (Å²) in [5.74, 6) is -5.39. The zero-order valence-corrected chi connectivity index (χ0v) is 21.8. The standard InChI is InChI=1S/C24H21F3N2O5S.C2H4O2/c1-14-16(11-22(30)31)10-15-2-3-17(25)12-19(15)23(14)24(32)28-6-8-29(9-7-28)35(33,34)18-4-5-20(26)21(27)13-18;1-2(3)4/h2-5,10,12-13H,6-9,11H2,1H3,(H,30,31);1H3,(H,3,4). The summed E-state index contributed by atoms with van der Waals surface area (Å²) in [5.41, 5.74) is 0.988. The predicted octanol–water partition coefficient (Wildman–Crippen LogP) is 3.43. The van der Waals surface area contributed by atoms with Crippen molar-refractivity contribution >= 4 is 38.6 Å². The molecule has 0 atom stereocenters. The van der Waals surface area contributed by atoms with Crippen LogP contribution in [0.1, 0.15) is 28.4 Å². The third-order valence-corrected chi connectivity index (χ3v) is 7.98. The lowest BCUT2D eigenvalue weighted by Crippen LogP contribution is -2.50. The van der Waals surface area contributed by atoms with E-state index in [1.165, 1.54) is 23.1 Å². The summed E-state index contributed by atoms with van der Waals surface area (Å²) >= 11 is 0. The Bertz CT molecular complexity index is 1550. The number of aliphatic carboxylic acids is 2. The Hall–Kier alpha value is -3.97. The SMILES string of the molecule is CC(=O)O.Cc1c(CC(=O)O)cc2ccc(F)cc2c1C(=O)N1CCN(S(=O)(=O)c2ccc(F)c(F)c2)CC1. The molecule has 1 aliphatic heterocycles. The molecule has 3 aromatic rings. The zero-order chi connectivity index (χ0) is 29.1. The second-order valence-corrected chi connectivity index (χ2v) is 10.7. The Morgan fingerprint density at radius 3 is 2.08 bits per heavy atom. The number of rotatable bonds is 5. The number of fused-ring (bicyclic) bond motifs is 1. The van der Waals surface area contributed by atoms with Crippen molar-refractivity contribution in [3.63, 3.8) is 0 Å². The number of hydrogen-bond acceptors (Lipinski definition) is 5. The number of carboxylic acid groups (broad SMARTS) is 2. The van der Waals surface area contributed by atoms with E-state index >= 15 is 0 Å². The smallest absolute Gasteiger partial charge is 0.307 e. The topological polar surface area (TPSA) is 132 Å². The maximum Gasteiger partial charge on any atom is 0.307 e. The summed E-state index contributed by atoms with van der Waals surface area (Å²) in [6.07, 6.45) is -0.320. The molecular formula is C26H25F3N2O7S. The minimum atomic E-state index is -4.11. The molecule has 0 spiro atoms. The number of benzene rings is 3. The normalized spacial score (nSPS) is 14.0. The first kappa shape index (κ1) is 29.6. The van der Waals surface area contributed by atoms with Crippen LogP contribution in [-0.2, 0) is 26.0 Å². The highest BCUT2D eigenvalue weighted by atomic mass is 32.2. The molecule has 9 nitrogen and oxygen atoms in total. The summed E-state index contributed by atoms with van der Waals surface area (Å²) in [4.78, 5) is 34.8. The molecule has 208 valence electrons. The van der Waals surface area contributed by atoms with Crippen molar-refractivity contribution in [3.8, 4) is 0 Å². The minimum Gasteiger partial charge on any atom is -0.481 e. The van der Waals surface area contributed by atoms with Gasteiger partial charge in [0, 0.05) is 33.1 Å². The van der Waals surface area contributed by atoms with E-state index in [1.54, 1.807) is 13.0 Å². The highest BCUT2D eigenvalue weighted by Crippen LogP contribution is 2.29. The van der Waals surface area contributed by atoms with E-state index in [2.05, 4.69) is 0 Å². The van der Waals surface area contributed by atoms with Crippen LogP contribution in [0, 0.1) is 24.4 Å². The van der Waals surface area contributed by atoms with Crippen LogP contribution in [0.4, 0.5) is 13.2 Å². The van der Waals surface area contributed by atoms with E-state index in [9.17, 15) is 36.3 Å². The average Bonchev–Trinajstić information content (AvgIpc) is 2.85. The van der Waals surface area contributed by atoms with E-state index < -0.39 is 50.2 Å². The molecule has 0 unspecified atom stereocenters. The van der Waals surface area contributed by atoms with Crippen LogP contribution in [0.3, 0.4) is 0 Å². The number of carboxylic acids is 2. The van der Waals surface area contributed by atoms with Gasteiger partial charge in [0.2, 0.25) is 10.0 Å². The van der Waals surface area contributed by atoms with Crippen LogP contribution in [0.15, 0.2) is 47.4 Å². The fraction of sp³-hybridized carbons (Fsp3) is 0.269. The minimum absolute atomic E-state index is 0.00114. The molecule has 1 heterocycles. The fourth-order valence-electron chi connectivity index (χ4n) is 4.23. The summed E-state index contributed by atoms with van der Waals surface area (Å²) < 4.78 is 67.6. The van der Waals surface area contributed by atoms with Gasteiger partial charge in [0.15, 0.2) is 11.6 Å². The molecule has 0 aromatic heterocycles. The maximum atomic E-state index is 14.0. The highest BCUT2D eigenvalue weighted by molar-refractivity contribution is 7.89. The van der Waals surface area contributed by atoms with Gasteiger partial charge < -0.3 is 15.1 Å². The van der Waals surface area contributed by atoms with Crippen molar-refractivity contribution in [1.82, 2.24) is 9.21 Å². The number of carbonyl (C=O) groups excluding carboxylic acids is 1. The Morgan fingerprint density at radius 2 is 1.51 bits per heavy atom. The zero-order valence-electron chi connectivity index (χ0n) is 20.9. The molecule has 2 N–H and O–H groups in total. The first-order chi connectivity index (χ1) is 18.2. The van der Waals surface area contributed by atoms with E-state index in [1.807, 2.05) is 0 Å². The third-order valence-electron chi connectivity index (χ3n) is 6.08. The maximum absolute atomic E-state index is 14.0. The van der Waals surface area contributed by atoms with Gasteiger partial charge in [0.1, 0.15) is 5.82 Å². The molecule has 1 aliphatic rings. The largest absolute Gasteiger partial charge is 0.481 e. The second-order valence-electron chi connectivity index (χ2n) is 8.76. The molecule has 39 heavy (non-hydrogen) atoms. The molecular weight excluding hydrogens is 541 g/mol. The molecule has 13 heteroatoms. The lowest BCUT2D eigenvalue weighted by molar-refractivity contribution is -0.136. The third kappa shape index (κ3) is 6.73. The summed E-state index contributed by atoms with van der Waals surface area (Å²) in [5, 5.41) is 17.5. The van der Waals surface area contributed by atoms with Crippen molar-refractivity contribution in [3.05, 3.63) is 76.6 Å². The van der Waals surface area contributed by atoms with Gasteiger partial charge in [-0.2, -0.15) is 4.31 Å². The lowest BCUT2D eigenvalue weighted by Gasteiger charge is -2.34. The fourth-order valence-corrected chi connectivity index (χ4v) is 5.66. The molecule has 3 aromatic carbocycles. The van der Waals surface area contributed by atoms with Gasteiger partial charge in [-0.1, -0.05) is 12.1 Å². The van der Waals surface area contributed by atoms with Crippen LogP contribution in [-0.4, -0.2) is 71.9 Å². The van der Waals surface area contributed by atoms with Gasteiger partial charge in [-0.05, 0) is 59.2 Å². The number of piperazine rings is 1. The van der Waals surface area contributed by atoms with Crippen molar-refractivity contribution in [1.29, 1.82) is 0 Å². The van der Waals surface area contributed by atoms with E-state index in [0.29, 0.717) is 28.0 Å². The van der Waals surface area contributed by atoms with Gasteiger partial charge in [-0.25, -0.2) is 21.6 Å². The summed E-state index contributed by atoms with van der Waals surface area (Å²) in [6, 6.07) is 7.84. The Balaban J connectivity index is 0.000000983. The molecule has 1 saturated heterocycles. The van der Waals surface area contributed by atoms with Crippen LogP contribution in [0.25, 0.3) is 10.8 Å². The van der Waals surface area contributed by atoms with Gasteiger partial charge in [-0.3, -0.25) is 14.4 Å². The van der Waals surface area contributed by atoms with E-state index in [-0.39, 0.29) is 38.2 Å². The van der Waals surface area contributed by atoms with Crippen LogP contribution in [0.2, 0.25) is 0 Å². The highest BCUT2D eigenvalue weighted by Gasteiger charge is 2.32. The Kier molecular flexibility index (Phi) is 8.97. The molecule has 0 aliphatic carbocycles. The predicted molar refractivity (Wildman–Crippen MR) is 134 cm³/mol. The van der Waals surface area contributed by atoms with Crippen molar-refractivity contribution in [2.75, 3.05) is 26.2 Å². The van der Waals surface area contributed by atoms with Gasteiger partial charge >= 0.3 is 5.97 Å². The average molecular weight is 567 g/mol. The lowest BCUT2D eigenvalue weighted by atomic mass is 9.92. The van der Waals surface area contributed by atoms with Crippen LogP contribution >= 0.6 is 0 Å². The Morgan fingerprint density at radius 1 is 0.897 bits per heavy atom. The summed E-state index contributed by atoms with van der Waals surface area (Å²) in [7, 11) is -4.11. The Labute approximate surface area is 222 Å². The molecule has 1 fully saturated rings. The number of nitrogens with zero attached hydrogens (tertiary/aromatic N) is 2. The van der Waals surface area contributed by atoms with Crippen molar-refractivity contribution in [2.45, 2.75) is 25.2 Å². The molecule has 1 amide bonds. The molecule has 4 rings (SSSR count). The van der Waals surface area contributed by atoms with Crippen molar-refractivity contribution < 1.29 is 46.2 Å². The number of carbonyl (C=O) groups is 3. The first-order valence-electron chi connectivity index (χ1n) is 11.6. The van der Waals surface area contributed by atoms with Gasteiger partial charge in [0.25, 0.3) is 11.9 Å². The number of hydrogen-bond donors (Lipinski definition) is 2. The van der Waals surface area contributed by atoms with Gasteiger partial charge in [-0.15, -0.1) is 0 Å². The van der Waals surface area contributed by atoms with E-state index in [0.717, 1.165) is 23.4 Å². The number of amides is 1. The first-order valence-corrected chi connectivity index (χ1v) is 13.0. The molecule has 0 bridgehead atoms. The summed E-state index contributed by atoms with van der Waals surface area (Å²) in [6.45, 7) is 2.50. The van der Waals surface area contributed by atoms with Gasteiger partial charge in [0.05, 0.1) is 16.9 Å². The molecule has 0 radical (unpaired) electrons. The monoisotopic (exact) mass is 566 g/mol. The quantitative estimate of drug-likeness (QED) is 0.484.